The van der Waals surface area contributed by atoms with Gasteiger partial charge >= 0.3 is 0 Å². The molecule has 0 aliphatic carbocycles. The zero-order valence-corrected chi connectivity index (χ0v) is 12.0. The molecule has 0 radical (unpaired) electrons. The number of thioether (sulfide) groups is 1. The van der Waals surface area contributed by atoms with E-state index >= 15 is 0 Å². The molecule has 1 N–H and O–H groups in total. The number of para-hydroxylation sites is 1. The van der Waals surface area contributed by atoms with Crippen LogP contribution in [0.4, 0.5) is 10.1 Å². The Balaban J connectivity index is 1.72. The monoisotopic (exact) mass is 307 g/mol. The van der Waals surface area contributed by atoms with E-state index in [1.165, 1.54) is 23.9 Å². The number of anilines is 1. The molecule has 1 fully saturated rings. The molecule has 0 unspecified atom stereocenters. The first-order valence-corrected chi connectivity index (χ1v) is 7.60. The minimum absolute atomic E-state index is 0.0964. The van der Waals surface area contributed by atoms with Gasteiger partial charge in [0.1, 0.15) is 11.1 Å². The van der Waals surface area contributed by atoms with Crippen molar-refractivity contribution in [1.29, 1.82) is 0 Å². The first kappa shape index (κ1) is 14.1. The molecule has 2 aliphatic rings. The molecule has 1 aromatic rings. The third kappa shape index (κ3) is 2.92. The highest BCUT2D eigenvalue weighted by Gasteiger charge is 2.36. The Morgan fingerprint density at radius 3 is 3.05 bits per heavy atom. The van der Waals surface area contributed by atoms with Crippen LogP contribution >= 0.6 is 11.8 Å². The molecule has 7 heteroatoms. The van der Waals surface area contributed by atoms with Crippen molar-refractivity contribution in [3.8, 4) is 0 Å². The standard InChI is InChI=1S/C14H14FN3O2S/c15-9-4-1-2-5-10(9)17-13(20)11-8-12(19)18-7-3-6-16-14(18)21-11/h1-2,4-5,11H,3,6-8H2,(H,17,20)/t11-/m1/s1. The topological polar surface area (TPSA) is 61.8 Å². The van der Waals surface area contributed by atoms with Gasteiger partial charge in [0, 0.05) is 19.5 Å². The molecule has 1 saturated heterocycles. The van der Waals surface area contributed by atoms with Gasteiger partial charge in [-0.1, -0.05) is 23.9 Å². The molecule has 0 saturated carbocycles. The smallest absolute Gasteiger partial charge is 0.238 e. The highest BCUT2D eigenvalue weighted by Crippen LogP contribution is 2.29. The lowest BCUT2D eigenvalue weighted by atomic mass is 10.2. The van der Waals surface area contributed by atoms with Crippen LogP contribution in [-0.2, 0) is 9.59 Å². The molecule has 0 bridgehead atoms. The lowest BCUT2D eigenvalue weighted by molar-refractivity contribution is -0.129. The summed E-state index contributed by atoms with van der Waals surface area (Å²) in [4.78, 5) is 30.2. The van der Waals surface area contributed by atoms with Gasteiger partial charge in [0.2, 0.25) is 11.8 Å². The predicted octanol–water partition coefficient (Wildman–Crippen LogP) is 1.86. The maximum absolute atomic E-state index is 13.5. The highest BCUT2D eigenvalue weighted by molar-refractivity contribution is 8.15. The maximum Gasteiger partial charge on any atom is 0.238 e. The Labute approximate surface area is 125 Å². The minimum Gasteiger partial charge on any atom is -0.323 e. The summed E-state index contributed by atoms with van der Waals surface area (Å²) in [5, 5.41) is 2.57. The molecule has 3 rings (SSSR count). The summed E-state index contributed by atoms with van der Waals surface area (Å²) < 4.78 is 13.5. The summed E-state index contributed by atoms with van der Waals surface area (Å²) in [7, 11) is 0. The predicted molar refractivity (Wildman–Crippen MR) is 79.7 cm³/mol. The number of carbonyl (C=O) groups is 2. The molecule has 0 aromatic heterocycles. The van der Waals surface area contributed by atoms with Gasteiger partial charge in [0.15, 0.2) is 5.17 Å². The van der Waals surface area contributed by atoms with E-state index in [2.05, 4.69) is 10.3 Å². The number of rotatable bonds is 2. The van der Waals surface area contributed by atoms with E-state index < -0.39 is 11.1 Å². The quantitative estimate of drug-likeness (QED) is 0.907. The average Bonchev–Trinajstić information content (AvgIpc) is 2.49. The third-order valence-corrected chi connectivity index (χ3v) is 4.58. The third-order valence-electron chi connectivity index (χ3n) is 3.35. The molecule has 1 atom stereocenters. The number of benzene rings is 1. The maximum atomic E-state index is 13.5. The molecule has 110 valence electrons. The van der Waals surface area contributed by atoms with Gasteiger partial charge in [0.05, 0.1) is 5.69 Å². The molecule has 2 heterocycles. The first-order chi connectivity index (χ1) is 10.1. The van der Waals surface area contributed by atoms with Crippen LogP contribution in [0.1, 0.15) is 12.8 Å². The van der Waals surface area contributed by atoms with Crippen molar-refractivity contribution < 1.29 is 14.0 Å². The minimum atomic E-state index is -0.565. The van der Waals surface area contributed by atoms with Crippen LogP contribution in [0.3, 0.4) is 0 Å². The van der Waals surface area contributed by atoms with Gasteiger partial charge in [-0.15, -0.1) is 0 Å². The molecule has 2 amide bonds. The Bertz CT molecular complexity index is 620. The second-order valence-corrected chi connectivity index (χ2v) is 6.01. The molecule has 5 nitrogen and oxygen atoms in total. The van der Waals surface area contributed by atoms with Crippen LogP contribution in [-0.4, -0.2) is 40.2 Å². The Morgan fingerprint density at radius 1 is 1.43 bits per heavy atom. The summed E-state index contributed by atoms with van der Waals surface area (Å²) in [6.45, 7) is 1.33. The lowest BCUT2D eigenvalue weighted by Gasteiger charge is -2.33. The zero-order chi connectivity index (χ0) is 14.8. The normalized spacial score (nSPS) is 21.6. The summed E-state index contributed by atoms with van der Waals surface area (Å²) in [5.41, 5.74) is 0.128. The first-order valence-electron chi connectivity index (χ1n) is 6.72. The van der Waals surface area contributed by atoms with Gasteiger partial charge in [-0.05, 0) is 18.6 Å². The second-order valence-electron chi connectivity index (χ2n) is 4.84. The van der Waals surface area contributed by atoms with Gasteiger partial charge < -0.3 is 5.32 Å². The number of fused-ring (bicyclic) bond motifs is 1. The van der Waals surface area contributed by atoms with E-state index in [0.717, 1.165) is 6.42 Å². The van der Waals surface area contributed by atoms with Crippen molar-refractivity contribution >= 4 is 34.4 Å². The summed E-state index contributed by atoms with van der Waals surface area (Å²) in [6.07, 6.45) is 0.964. The van der Waals surface area contributed by atoms with Crippen molar-refractivity contribution in [2.45, 2.75) is 18.1 Å². The van der Waals surface area contributed by atoms with Crippen LogP contribution in [0.25, 0.3) is 0 Å². The average molecular weight is 307 g/mol. The van der Waals surface area contributed by atoms with Crippen molar-refractivity contribution in [2.24, 2.45) is 4.99 Å². The van der Waals surface area contributed by atoms with Gasteiger partial charge in [-0.25, -0.2) is 4.39 Å². The van der Waals surface area contributed by atoms with Gasteiger partial charge in [-0.2, -0.15) is 0 Å². The summed E-state index contributed by atoms with van der Waals surface area (Å²) in [6, 6.07) is 5.97. The van der Waals surface area contributed by atoms with Crippen molar-refractivity contribution in [2.75, 3.05) is 18.4 Å². The van der Waals surface area contributed by atoms with E-state index in [0.29, 0.717) is 18.3 Å². The van der Waals surface area contributed by atoms with Crippen LogP contribution in [0.15, 0.2) is 29.3 Å². The molecule has 21 heavy (non-hydrogen) atoms. The molecule has 0 spiro atoms. The summed E-state index contributed by atoms with van der Waals surface area (Å²) in [5.74, 6) is -0.957. The molecule has 1 aromatic carbocycles. The number of nitrogens with zero attached hydrogens (tertiary/aromatic N) is 2. The Morgan fingerprint density at radius 2 is 2.24 bits per heavy atom. The van der Waals surface area contributed by atoms with Crippen LogP contribution < -0.4 is 5.32 Å². The number of carbonyl (C=O) groups excluding carboxylic acids is 2. The number of hydrogen-bond acceptors (Lipinski definition) is 4. The van der Waals surface area contributed by atoms with Gasteiger partial charge in [-0.3, -0.25) is 19.5 Å². The zero-order valence-electron chi connectivity index (χ0n) is 11.2. The Kier molecular flexibility index (Phi) is 3.92. The van der Waals surface area contributed by atoms with E-state index in [1.54, 1.807) is 17.0 Å². The second kappa shape index (κ2) is 5.85. The number of halogens is 1. The number of amides is 2. The number of hydrogen-bond donors (Lipinski definition) is 1. The van der Waals surface area contributed by atoms with Crippen LogP contribution in [0, 0.1) is 5.82 Å². The number of nitrogens with one attached hydrogen (secondary N) is 1. The fourth-order valence-electron chi connectivity index (χ4n) is 2.28. The fraction of sp³-hybridized carbons (Fsp3) is 0.357. The van der Waals surface area contributed by atoms with E-state index in [1.807, 2.05) is 0 Å². The molecular formula is C14H14FN3O2S. The molecule has 2 aliphatic heterocycles. The largest absolute Gasteiger partial charge is 0.323 e. The number of amidine groups is 1. The van der Waals surface area contributed by atoms with E-state index in [9.17, 15) is 14.0 Å². The molecular weight excluding hydrogens is 293 g/mol. The van der Waals surface area contributed by atoms with Gasteiger partial charge in [0.25, 0.3) is 0 Å². The number of aliphatic imine (C=N–C) groups is 1. The summed E-state index contributed by atoms with van der Waals surface area (Å²) >= 11 is 1.27. The van der Waals surface area contributed by atoms with Crippen LogP contribution in [0.5, 0.6) is 0 Å². The Hall–Kier alpha value is -1.89. The lowest BCUT2D eigenvalue weighted by Crippen LogP contribution is -2.47. The van der Waals surface area contributed by atoms with Crippen molar-refractivity contribution in [3.05, 3.63) is 30.1 Å². The fourth-order valence-corrected chi connectivity index (χ4v) is 3.41. The van der Waals surface area contributed by atoms with Crippen molar-refractivity contribution in [3.63, 3.8) is 0 Å². The van der Waals surface area contributed by atoms with E-state index in [-0.39, 0.29) is 23.9 Å². The van der Waals surface area contributed by atoms with Crippen molar-refractivity contribution in [1.82, 2.24) is 4.90 Å². The SMILES string of the molecule is O=C(Nc1ccccc1F)[C@H]1CC(=O)N2CCCN=C2S1. The highest BCUT2D eigenvalue weighted by atomic mass is 32.2. The van der Waals surface area contributed by atoms with E-state index in [4.69, 9.17) is 0 Å². The van der Waals surface area contributed by atoms with Crippen LogP contribution in [0.2, 0.25) is 0 Å².